The average Bonchev–Trinajstić information content (AvgIpc) is 3.73. The molecule has 0 N–H and O–H groups in total. The molecule has 0 saturated heterocycles. The zero-order valence-corrected chi connectivity index (χ0v) is 24.2. The Bertz CT molecular complexity index is 1690. The van der Waals surface area contributed by atoms with Crippen molar-refractivity contribution in [2.45, 2.75) is 45.6 Å². The van der Waals surface area contributed by atoms with Crippen LogP contribution in [-0.2, 0) is 30.5 Å². The summed E-state index contributed by atoms with van der Waals surface area (Å²) in [6.07, 6.45) is 5.11. The molecular weight excluding hydrogens is 513 g/mol. The van der Waals surface area contributed by atoms with E-state index in [1.165, 1.54) is 41.9 Å². The summed E-state index contributed by atoms with van der Waals surface area (Å²) < 4.78 is 7.24. The third-order valence-corrected chi connectivity index (χ3v) is 8.29. The van der Waals surface area contributed by atoms with Gasteiger partial charge in [0.25, 0.3) is 0 Å². The van der Waals surface area contributed by atoms with Crippen LogP contribution < -0.4 is 5.30 Å². The number of benzene rings is 3. The Hall–Kier alpha value is -3.82. The van der Waals surface area contributed by atoms with Gasteiger partial charge in [0.2, 0.25) is 0 Å². The molecule has 1 unspecified atom stereocenters. The molecule has 202 valence electrons. The number of rotatable bonds is 9. The van der Waals surface area contributed by atoms with E-state index < -0.39 is 0 Å². The molecule has 5 nitrogen and oxygen atoms in total. The molecule has 1 aliphatic rings. The van der Waals surface area contributed by atoms with Crippen molar-refractivity contribution in [2.24, 2.45) is 5.92 Å². The summed E-state index contributed by atoms with van der Waals surface area (Å²) in [4.78, 5) is 22.1. The van der Waals surface area contributed by atoms with Gasteiger partial charge in [0, 0.05) is 24.2 Å². The summed E-state index contributed by atoms with van der Waals surface area (Å²) in [7, 11) is 4.28. The second-order valence-electron chi connectivity index (χ2n) is 10.9. The fraction of sp³-hybridized carbons (Fsp3) is 0.265. The van der Waals surface area contributed by atoms with Crippen molar-refractivity contribution in [2.75, 3.05) is 7.11 Å². The Morgan fingerprint density at radius 2 is 1.80 bits per heavy atom. The van der Waals surface area contributed by atoms with Gasteiger partial charge in [-0.2, -0.15) is 0 Å². The van der Waals surface area contributed by atoms with Gasteiger partial charge in [-0.15, -0.1) is 9.24 Å². The predicted octanol–water partition coefficient (Wildman–Crippen LogP) is 6.48. The van der Waals surface area contributed by atoms with Crippen LogP contribution in [0.25, 0.3) is 22.3 Å². The van der Waals surface area contributed by atoms with Crippen molar-refractivity contribution >= 4 is 31.5 Å². The van der Waals surface area contributed by atoms with E-state index in [4.69, 9.17) is 14.7 Å². The Morgan fingerprint density at radius 1 is 0.975 bits per heavy atom. The van der Waals surface area contributed by atoms with Gasteiger partial charge in [-0.1, -0.05) is 54.1 Å². The maximum Gasteiger partial charge on any atom is 0.337 e. The number of pyridine rings is 1. The zero-order chi connectivity index (χ0) is 27.6. The molecule has 1 fully saturated rings. The minimum atomic E-state index is -0.319. The molecule has 2 heterocycles. The van der Waals surface area contributed by atoms with Crippen molar-refractivity contribution in [3.63, 3.8) is 0 Å². The summed E-state index contributed by atoms with van der Waals surface area (Å²) in [5, 5.41) is 1.27. The highest BCUT2D eigenvalue weighted by molar-refractivity contribution is 7.27. The van der Waals surface area contributed by atoms with Gasteiger partial charge in [-0.3, -0.25) is 4.98 Å². The molecule has 5 aromatic rings. The number of hydrogen-bond acceptors (Lipinski definition) is 4. The molecule has 0 spiro atoms. The number of imidazole rings is 1. The first-order chi connectivity index (χ1) is 19.5. The largest absolute Gasteiger partial charge is 0.465 e. The minimum Gasteiger partial charge on any atom is -0.465 e. The third kappa shape index (κ3) is 5.85. The average molecular weight is 548 g/mol. The lowest BCUT2D eigenvalue weighted by atomic mass is 10.0. The summed E-state index contributed by atoms with van der Waals surface area (Å²) >= 11 is 0. The lowest BCUT2D eigenvalue weighted by Gasteiger charge is -2.10. The van der Waals surface area contributed by atoms with Crippen molar-refractivity contribution in [1.29, 1.82) is 0 Å². The Kier molecular flexibility index (Phi) is 7.49. The van der Waals surface area contributed by atoms with Crippen molar-refractivity contribution in [3.05, 3.63) is 113 Å². The summed E-state index contributed by atoms with van der Waals surface area (Å²) in [6.45, 7) is 3.06. The Labute approximate surface area is 237 Å². The van der Waals surface area contributed by atoms with Crippen LogP contribution in [0.15, 0.2) is 78.9 Å². The van der Waals surface area contributed by atoms with Crippen LogP contribution in [0.3, 0.4) is 0 Å². The minimum absolute atomic E-state index is 0.319. The van der Waals surface area contributed by atoms with Crippen molar-refractivity contribution in [1.82, 2.24) is 14.5 Å². The molecule has 1 atom stereocenters. The van der Waals surface area contributed by atoms with Gasteiger partial charge in [0.15, 0.2) is 0 Å². The molecule has 0 aliphatic heterocycles. The first-order valence-electron chi connectivity index (χ1n) is 13.9. The SMILES string of the molecule is COC(=O)c1ccc2nc(Cc3ccc(-c4cccc(CCc5ccc(C)cc5P)n4)cc3)n(CC3CC3)c2c1. The van der Waals surface area contributed by atoms with Crippen LogP contribution in [-0.4, -0.2) is 27.6 Å². The molecule has 3 aromatic carbocycles. The number of ether oxygens (including phenoxy) is 1. The van der Waals surface area contributed by atoms with E-state index in [0.29, 0.717) is 11.5 Å². The first-order valence-corrected chi connectivity index (χ1v) is 14.5. The van der Waals surface area contributed by atoms with Crippen molar-refractivity contribution < 1.29 is 9.53 Å². The topological polar surface area (TPSA) is 57.0 Å². The lowest BCUT2D eigenvalue weighted by Crippen LogP contribution is -2.07. The van der Waals surface area contributed by atoms with E-state index in [9.17, 15) is 4.79 Å². The van der Waals surface area contributed by atoms with Gasteiger partial charge in [-0.05, 0) is 85.3 Å². The molecule has 0 amide bonds. The van der Waals surface area contributed by atoms with Gasteiger partial charge in [0.05, 0.1) is 29.4 Å². The van der Waals surface area contributed by atoms with E-state index in [0.717, 1.165) is 59.6 Å². The molecular formula is C34H34N3O2P. The standard InChI is InChI=1S/C34H34N3O2P/c1-22-6-11-26(32(40)18-22)14-16-28-4-3-5-29(35-28)25-12-9-23(10-13-25)19-33-36-30-17-15-27(34(38)39-2)20-31(30)37(33)21-24-7-8-24/h3-6,9-13,15,17-18,20,24H,7-8,14,16,19,21,40H2,1-2H3. The zero-order valence-electron chi connectivity index (χ0n) is 23.1. The number of nitrogens with zero attached hydrogens (tertiary/aromatic N) is 3. The van der Waals surface area contributed by atoms with Gasteiger partial charge >= 0.3 is 5.97 Å². The monoisotopic (exact) mass is 547 g/mol. The smallest absolute Gasteiger partial charge is 0.337 e. The van der Waals surface area contributed by atoms with E-state index in [1.54, 1.807) is 6.07 Å². The van der Waals surface area contributed by atoms with Crippen LogP contribution in [0.1, 0.15) is 51.4 Å². The van der Waals surface area contributed by atoms with E-state index in [1.807, 2.05) is 12.1 Å². The fourth-order valence-corrected chi connectivity index (χ4v) is 5.78. The Morgan fingerprint density at radius 3 is 2.55 bits per heavy atom. The number of fused-ring (bicyclic) bond motifs is 1. The maximum atomic E-state index is 12.1. The highest BCUT2D eigenvalue weighted by Crippen LogP contribution is 2.33. The highest BCUT2D eigenvalue weighted by atomic mass is 31.0. The molecule has 0 radical (unpaired) electrons. The predicted molar refractivity (Wildman–Crippen MR) is 164 cm³/mol. The molecule has 0 bridgehead atoms. The number of carbonyl (C=O) groups excluding carboxylic acids is 1. The van der Waals surface area contributed by atoms with Crippen LogP contribution in [0.2, 0.25) is 0 Å². The normalized spacial score (nSPS) is 13.1. The third-order valence-electron chi connectivity index (χ3n) is 7.76. The number of hydrogen-bond donors (Lipinski definition) is 0. The molecule has 2 aromatic heterocycles. The summed E-state index contributed by atoms with van der Waals surface area (Å²) in [5.74, 6) is 1.40. The molecule has 1 saturated carbocycles. The quantitative estimate of drug-likeness (QED) is 0.157. The van der Waals surface area contributed by atoms with Crippen molar-refractivity contribution in [3.8, 4) is 11.3 Å². The molecule has 1 aliphatic carbocycles. The summed E-state index contributed by atoms with van der Waals surface area (Å²) in [5.41, 5.74) is 9.52. The number of aromatic nitrogens is 3. The molecule has 6 heteroatoms. The van der Waals surface area contributed by atoms with E-state index in [2.05, 4.69) is 81.4 Å². The number of carbonyl (C=O) groups is 1. The van der Waals surface area contributed by atoms with Crippen LogP contribution >= 0.6 is 9.24 Å². The number of esters is 1. The number of aryl methyl sites for hydroxylation is 3. The van der Waals surface area contributed by atoms with Gasteiger partial charge in [0.1, 0.15) is 5.82 Å². The molecule has 6 rings (SSSR count). The maximum absolute atomic E-state index is 12.1. The highest BCUT2D eigenvalue weighted by Gasteiger charge is 2.25. The van der Waals surface area contributed by atoms with Crippen LogP contribution in [0, 0.1) is 12.8 Å². The Balaban J connectivity index is 1.20. The lowest BCUT2D eigenvalue weighted by molar-refractivity contribution is 0.0601. The number of methoxy groups -OCH3 is 1. The summed E-state index contributed by atoms with van der Waals surface area (Å²) in [6, 6.07) is 27.2. The second kappa shape index (κ2) is 11.3. The molecule has 40 heavy (non-hydrogen) atoms. The second-order valence-corrected chi connectivity index (χ2v) is 11.5. The van der Waals surface area contributed by atoms with Crippen LogP contribution in [0.5, 0.6) is 0 Å². The van der Waals surface area contributed by atoms with Gasteiger partial charge < -0.3 is 9.30 Å². The van der Waals surface area contributed by atoms with E-state index >= 15 is 0 Å². The first kappa shape index (κ1) is 26.4. The fourth-order valence-electron chi connectivity index (χ4n) is 5.28. The van der Waals surface area contributed by atoms with Gasteiger partial charge in [-0.25, -0.2) is 9.78 Å². The van der Waals surface area contributed by atoms with E-state index in [-0.39, 0.29) is 5.97 Å². The van der Waals surface area contributed by atoms with Crippen LogP contribution in [0.4, 0.5) is 0 Å².